The summed E-state index contributed by atoms with van der Waals surface area (Å²) in [7, 11) is 0. The number of hydrogen-bond donors (Lipinski definition) is 0. The van der Waals surface area contributed by atoms with E-state index in [1.807, 2.05) is 26.8 Å². The second-order valence-corrected chi connectivity index (χ2v) is 5.10. The summed E-state index contributed by atoms with van der Waals surface area (Å²) in [5.74, 6) is -0.365. The SMILES string of the molecule is CC(C)C(=O)c1ccc2c(c1)C(C)C(=O)N2CC#N. The van der Waals surface area contributed by atoms with Crippen molar-refractivity contribution < 1.29 is 9.59 Å². The van der Waals surface area contributed by atoms with Crippen LogP contribution in [-0.4, -0.2) is 18.2 Å². The number of anilines is 1. The van der Waals surface area contributed by atoms with Gasteiger partial charge < -0.3 is 0 Å². The Morgan fingerprint density at radius 2 is 2.16 bits per heavy atom. The van der Waals surface area contributed by atoms with Gasteiger partial charge in [0.05, 0.1) is 12.0 Å². The lowest BCUT2D eigenvalue weighted by molar-refractivity contribution is -0.118. The molecule has 2 rings (SSSR count). The van der Waals surface area contributed by atoms with Crippen molar-refractivity contribution in [3.05, 3.63) is 29.3 Å². The number of amides is 1. The first kappa shape index (κ1) is 13.3. The van der Waals surface area contributed by atoms with E-state index in [1.54, 1.807) is 18.2 Å². The van der Waals surface area contributed by atoms with Gasteiger partial charge in [-0.2, -0.15) is 5.26 Å². The molecule has 0 spiro atoms. The van der Waals surface area contributed by atoms with Gasteiger partial charge in [0.15, 0.2) is 5.78 Å². The van der Waals surface area contributed by atoms with Gasteiger partial charge in [-0.05, 0) is 30.7 Å². The molecule has 1 aromatic carbocycles. The van der Waals surface area contributed by atoms with E-state index >= 15 is 0 Å². The van der Waals surface area contributed by atoms with Crippen molar-refractivity contribution in [1.82, 2.24) is 0 Å². The summed E-state index contributed by atoms with van der Waals surface area (Å²) >= 11 is 0. The average molecular weight is 256 g/mol. The van der Waals surface area contributed by atoms with Crippen molar-refractivity contribution in [2.75, 3.05) is 11.4 Å². The Kier molecular flexibility index (Phi) is 3.39. The maximum atomic E-state index is 12.1. The summed E-state index contributed by atoms with van der Waals surface area (Å²) in [6, 6.07) is 7.29. The van der Waals surface area contributed by atoms with Crippen molar-refractivity contribution in [1.29, 1.82) is 5.26 Å². The number of nitriles is 1. The molecule has 19 heavy (non-hydrogen) atoms. The lowest BCUT2D eigenvalue weighted by Crippen LogP contribution is -2.28. The van der Waals surface area contributed by atoms with Gasteiger partial charge in [-0.25, -0.2) is 0 Å². The van der Waals surface area contributed by atoms with Gasteiger partial charge in [-0.1, -0.05) is 13.8 Å². The lowest BCUT2D eigenvalue weighted by atomic mass is 9.95. The molecule has 0 aromatic heterocycles. The minimum atomic E-state index is -0.289. The van der Waals surface area contributed by atoms with E-state index in [0.29, 0.717) is 5.56 Å². The first-order valence-corrected chi connectivity index (χ1v) is 6.33. The molecule has 1 aromatic rings. The molecule has 4 heteroatoms. The van der Waals surface area contributed by atoms with Crippen molar-refractivity contribution in [2.24, 2.45) is 5.92 Å². The second kappa shape index (κ2) is 4.85. The van der Waals surface area contributed by atoms with Gasteiger partial charge in [0.25, 0.3) is 0 Å². The first-order chi connectivity index (χ1) is 8.97. The van der Waals surface area contributed by atoms with Crippen LogP contribution in [0.1, 0.15) is 42.6 Å². The third-order valence-electron chi connectivity index (χ3n) is 3.46. The predicted molar refractivity (Wildman–Crippen MR) is 72.0 cm³/mol. The predicted octanol–water partition coefficient (Wildman–Crippen LogP) is 2.50. The fourth-order valence-corrected chi connectivity index (χ4v) is 2.35. The first-order valence-electron chi connectivity index (χ1n) is 6.33. The molecule has 4 nitrogen and oxygen atoms in total. The molecular formula is C15H16N2O2. The van der Waals surface area contributed by atoms with Crippen LogP contribution in [0.2, 0.25) is 0 Å². The molecule has 1 amide bonds. The molecule has 1 unspecified atom stereocenters. The molecule has 1 atom stereocenters. The molecule has 1 aliphatic rings. The Labute approximate surface area is 112 Å². The summed E-state index contributed by atoms with van der Waals surface area (Å²) in [5, 5.41) is 8.77. The quantitative estimate of drug-likeness (QED) is 0.616. The Hall–Kier alpha value is -2.15. The van der Waals surface area contributed by atoms with Crippen LogP contribution in [-0.2, 0) is 4.79 Å². The molecule has 1 heterocycles. The lowest BCUT2D eigenvalue weighted by Gasteiger charge is -2.13. The topological polar surface area (TPSA) is 61.2 Å². The Balaban J connectivity index is 2.45. The van der Waals surface area contributed by atoms with E-state index in [1.165, 1.54) is 4.90 Å². The Bertz CT molecular complexity index is 584. The minimum absolute atomic E-state index is 0.0493. The maximum Gasteiger partial charge on any atom is 0.235 e. The molecular weight excluding hydrogens is 240 g/mol. The summed E-state index contributed by atoms with van der Waals surface area (Å²) < 4.78 is 0. The van der Waals surface area contributed by atoms with Gasteiger partial charge in [-0.15, -0.1) is 0 Å². The number of benzene rings is 1. The maximum absolute atomic E-state index is 12.1. The highest BCUT2D eigenvalue weighted by molar-refractivity contribution is 6.06. The summed E-state index contributed by atoms with van der Waals surface area (Å²) in [5.41, 5.74) is 2.22. The molecule has 0 fully saturated rings. The van der Waals surface area contributed by atoms with E-state index in [0.717, 1.165) is 11.3 Å². The van der Waals surface area contributed by atoms with Crippen LogP contribution < -0.4 is 4.90 Å². The van der Waals surface area contributed by atoms with Gasteiger partial charge in [-0.3, -0.25) is 14.5 Å². The fraction of sp³-hybridized carbons (Fsp3) is 0.400. The normalized spacial score (nSPS) is 17.5. The van der Waals surface area contributed by atoms with Gasteiger partial charge >= 0.3 is 0 Å². The largest absolute Gasteiger partial charge is 0.298 e. The van der Waals surface area contributed by atoms with Crippen LogP contribution in [0.5, 0.6) is 0 Å². The number of ketones is 1. The summed E-state index contributed by atoms with van der Waals surface area (Å²) in [6.45, 7) is 5.56. The third-order valence-corrected chi connectivity index (χ3v) is 3.46. The molecule has 0 saturated carbocycles. The zero-order valence-electron chi connectivity index (χ0n) is 11.3. The van der Waals surface area contributed by atoms with Crippen molar-refractivity contribution in [3.63, 3.8) is 0 Å². The number of carbonyl (C=O) groups excluding carboxylic acids is 2. The highest BCUT2D eigenvalue weighted by Gasteiger charge is 2.34. The Morgan fingerprint density at radius 3 is 2.74 bits per heavy atom. The molecule has 98 valence electrons. The Morgan fingerprint density at radius 1 is 1.47 bits per heavy atom. The highest BCUT2D eigenvalue weighted by atomic mass is 16.2. The van der Waals surface area contributed by atoms with Crippen molar-refractivity contribution in [3.8, 4) is 6.07 Å². The third kappa shape index (κ3) is 2.12. The zero-order valence-corrected chi connectivity index (χ0v) is 11.3. The number of carbonyl (C=O) groups is 2. The van der Waals surface area contributed by atoms with Crippen LogP contribution in [0.25, 0.3) is 0 Å². The molecule has 0 N–H and O–H groups in total. The summed E-state index contributed by atoms with van der Waals surface area (Å²) in [6.07, 6.45) is 0. The number of Topliss-reactive ketones (excluding diaryl/α,β-unsaturated/α-hetero) is 1. The number of rotatable bonds is 3. The van der Waals surface area contributed by atoms with E-state index in [-0.39, 0.29) is 30.1 Å². The van der Waals surface area contributed by atoms with E-state index < -0.39 is 0 Å². The van der Waals surface area contributed by atoms with Crippen molar-refractivity contribution in [2.45, 2.75) is 26.7 Å². The van der Waals surface area contributed by atoms with Crippen LogP contribution in [0.15, 0.2) is 18.2 Å². The van der Waals surface area contributed by atoms with Crippen LogP contribution in [0.4, 0.5) is 5.69 Å². The van der Waals surface area contributed by atoms with E-state index in [4.69, 9.17) is 5.26 Å². The highest BCUT2D eigenvalue weighted by Crippen LogP contribution is 2.37. The molecule has 0 saturated heterocycles. The smallest absolute Gasteiger partial charge is 0.235 e. The monoisotopic (exact) mass is 256 g/mol. The van der Waals surface area contributed by atoms with Crippen LogP contribution >= 0.6 is 0 Å². The van der Waals surface area contributed by atoms with Crippen molar-refractivity contribution >= 4 is 17.4 Å². The van der Waals surface area contributed by atoms with Crippen LogP contribution in [0, 0.1) is 17.2 Å². The fourth-order valence-electron chi connectivity index (χ4n) is 2.35. The van der Waals surface area contributed by atoms with Gasteiger partial charge in [0, 0.05) is 17.2 Å². The average Bonchev–Trinajstić information content (AvgIpc) is 2.63. The zero-order chi connectivity index (χ0) is 14.2. The molecule has 0 bridgehead atoms. The number of hydrogen-bond acceptors (Lipinski definition) is 3. The second-order valence-electron chi connectivity index (χ2n) is 5.10. The van der Waals surface area contributed by atoms with E-state index in [9.17, 15) is 9.59 Å². The molecule has 0 aliphatic carbocycles. The van der Waals surface area contributed by atoms with Gasteiger partial charge in [0.1, 0.15) is 6.54 Å². The number of nitrogens with zero attached hydrogens (tertiary/aromatic N) is 2. The molecule has 1 aliphatic heterocycles. The standard InChI is InChI=1S/C15H16N2O2/c1-9(2)14(18)11-4-5-13-12(8-11)10(3)15(19)17(13)7-6-16/h4-5,8-10H,7H2,1-3H3. The van der Waals surface area contributed by atoms with E-state index in [2.05, 4.69) is 0 Å². The minimum Gasteiger partial charge on any atom is -0.298 e. The van der Waals surface area contributed by atoms with Crippen LogP contribution in [0.3, 0.4) is 0 Å². The van der Waals surface area contributed by atoms with Gasteiger partial charge in [0.2, 0.25) is 5.91 Å². The molecule has 0 radical (unpaired) electrons. The number of fused-ring (bicyclic) bond motifs is 1. The summed E-state index contributed by atoms with van der Waals surface area (Å²) in [4.78, 5) is 25.5.